The van der Waals surface area contributed by atoms with Crippen LogP contribution in [0.3, 0.4) is 0 Å². The third-order valence-electron chi connectivity index (χ3n) is 6.11. The van der Waals surface area contributed by atoms with Gasteiger partial charge in [-0.1, -0.05) is 78.0 Å². The predicted octanol–water partition coefficient (Wildman–Crippen LogP) is 6.81. The Balaban J connectivity index is 1.36. The van der Waals surface area contributed by atoms with E-state index in [-0.39, 0.29) is 5.91 Å². The lowest BCUT2D eigenvalue weighted by Crippen LogP contribution is -2.24. The fourth-order valence-electron chi connectivity index (χ4n) is 4.04. The average Bonchev–Trinajstić information content (AvgIpc) is 3.57. The van der Waals surface area contributed by atoms with Gasteiger partial charge in [-0.05, 0) is 43.7 Å². The van der Waals surface area contributed by atoms with Crippen molar-refractivity contribution in [1.82, 2.24) is 14.8 Å². The number of nitrogens with zero attached hydrogens (tertiary/aromatic N) is 3. The minimum atomic E-state index is -0.586. The van der Waals surface area contributed by atoms with Crippen LogP contribution in [0.4, 0.5) is 5.00 Å². The number of nitrogens with one attached hydrogen (secondary N) is 1. The number of para-hydroxylation sites is 1. The number of amides is 2. The number of anilines is 1. The predicted molar refractivity (Wildman–Crippen MR) is 164 cm³/mol. The Labute approximate surface area is 245 Å². The Morgan fingerprint density at radius 2 is 1.65 bits per heavy atom. The summed E-state index contributed by atoms with van der Waals surface area (Å²) in [5, 5.41) is 14.2. The number of rotatable bonds is 10. The number of thiophene rings is 1. The smallest absolute Gasteiger partial charge is 0.252 e. The maximum absolute atomic E-state index is 13.3. The molecule has 0 saturated carbocycles. The van der Waals surface area contributed by atoms with Crippen LogP contribution in [0.2, 0.25) is 0 Å². The Bertz CT molecular complexity index is 1620. The summed E-state index contributed by atoms with van der Waals surface area (Å²) in [6.45, 7) is 3.81. The van der Waals surface area contributed by atoms with E-state index in [0.717, 1.165) is 27.5 Å². The van der Waals surface area contributed by atoms with Crippen LogP contribution >= 0.6 is 34.9 Å². The first-order valence-electron chi connectivity index (χ1n) is 12.5. The summed E-state index contributed by atoms with van der Waals surface area (Å²) < 4.78 is 1.99. The second-order valence-corrected chi connectivity index (χ2v) is 12.2. The zero-order valence-electron chi connectivity index (χ0n) is 21.9. The van der Waals surface area contributed by atoms with Crippen LogP contribution in [-0.4, -0.2) is 31.8 Å². The lowest BCUT2D eigenvalue weighted by atomic mass is 10.0. The van der Waals surface area contributed by atoms with E-state index in [1.54, 1.807) is 18.7 Å². The molecule has 5 aromatic rings. The molecule has 5 rings (SSSR count). The zero-order chi connectivity index (χ0) is 28.1. The van der Waals surface area contributed by atoms with Crippen LogP contribution < -0.4 is 11.1 Å². The molecule has 0 aliphatic rings. The number of hydrogen-bond donors (Lipinski definition) is 2. The largest absolute Gasteiger partial charge is 0.365 e. The summed E-state index contributed by atoms with van der Waals surface area (Å²) in [6.07, 6.45) is 0. The standard InChI is InChI=1S/C30H27N5O2S3/c1-19-13-15-21(16-14-19)24-17-39-29(26(24)27(31)36)32-28(37)20(2)40-30-34-33-25(18-38-23-11-7-4-8-12-23)35(30)22-9-5-3-6-10-22/h3-17,20H,18H2,1-2H3,(H2,31,36)(H,32,37). The second-order valence-electron chi connectivity index (χ2n) is 9.00. The lowest BCUT2D eigenvalue weighted by Gasteiger charge is -2.14. The molecule has 1 atom stereocenters. The van der Waals surface area contributed by atoms with E-state index in [1.807, 2.05) is 89.7 Å². The van der Waals surface area contributed by atoms with Gasteiger partial charge in [-0.2, -0.15) is 0 Å². The van der Waals surface area contributed by atoms with E-state index in [0.29, 0.717) is 27.0 Å². The number of carbonyl (C=O) groups excluding carboxylic acids is 2. The first-order valence-corrected chi connectivity index (χ1v) is 15.3. The number of benzene rings is 3. The quantitative estimate of drug-likeness (QED) is 0.175. The molecule has 0 radical (unpaired) electrons. The fourth-order valence-corrected chi connectivity index (χ4v) is 6.73. The summed E-state index contributed by atoms with van der Waals surface area (Å²) >= 11 is 4.27. The molecule has 7 nitrogen and oxygen atoms in total. The molecular weight excluding hydrogens is 559 g/mol. The van der Waals surface area contributed by atoms with Crippen molar-refractivity contribution >= 4 is 51.7 Å². The lowest BCUT2D eigenvalue weighted by molar-refractivity contribution is -0.115. The van der Waals surface area contributed by atoms with Gasteiger partial charge in [0.15, 0.2) is 5.16 Å². The number of nitrogens with two attached hydrogens (primary N) is 1. The molecular formula is C30H27N5O2S3. The van der Waals surface area contributed by atoms with Crippen LogP contribution in [0, 0.1) is 6.92 Å². The van der Waals surface area contributed by atoms with Gasteiger partial charge in [-0.15, -0.1) is 33.3 Å². The third-order valence-corrected chi connectivity index (χ3v) is 9.06. The van der Waals surface area contributed by atoms with E-state index < -0.39 is 11.2 Å². The molecule has 2 amide bonds. The van der Waals surface area contributed by atoms with E-state index >= 15 is 0 Å². The molecule has 0 fully saturated rings. The number of hydrogen-bond acceptors (Lipinski definition) is 7. The van der Waals surface area contributed by atoms with Gasteiger partial charge in [-0.3, -0.25) is 14.2 Å². The van der Waals surface area contributed by atoms with Crippen molar-refractivity contribution < 1.29 is 9.59 Å². The van der Waals surface area contributed by atoms with Crippen LogP contribution in [-0.2, 0) is 10.5 Å². The number of aryl methyl sites for hydroxylation is 1. The van der Waals surface area contributed by atoms with E-state index in [2.05, 4.69) is 27.6 Å². The van der Waals surface area contributed by atoms with E-state index in [4.69, 9.17) is 5.73 Å². The summed E-state index contributed by atoms with van der Waals surface area (Å²) in [6, 6.07) is 27.8. The molecule has 0 aliphatic carbocycles. The van der Waals surface area contributed by atoms with Crippen molar-refractivity contribution in [3.05, 3.63) is 107 Å². The van der Waals surface area contributed by atoms with Gasteiger partial charge >= 0.3 is 0 Å². The highest BCUT2D eigenvalue weighted by Crippen LogP contribution is 2.36. The number of primary amides is 1. The summed E-state index contributed by atoms with van der Waals surface area (Å²) in [5.41, 5.74) is 9.67. The normalized spacial score (nSPS) is 11.8. The van der Waals surface area contributed by atoms with Crippen LogP contribution in [0.25, 0.3) is 16.8 Å². The second kappa shape index (κ2) is 12.5. The highest BCUT2D eigenvalue weighted by molar-refractivity contribution is 8.00. The Hall–Kier alpha value is -3.86. The van der Waals surface area contributed by atoms with Crippen molar-refractivity contribution in [2.24, 2.45) is 5.73 Å². The number of aromatic nitrogens is 3. The van der Waals surface area contributed by atoms with Crippen molar-refractivity contribution in [3.63, 3.8) is 0 Å². The van der Waals surface area contributed by atoms with Crippen molar-refractivity contribution in [1.29, 1.82) is 0 Å². The molecule has 3 aromatic carbocycles. The molecule has 40 heavy (non-hydrogen) atoms. The Morgan fingerprint density at radius 3 is 2.33 bits per heavy atom. The van der Waals surface area contributed by atoms with Crippen LogP contribution in [0.1, 0.15) is 28.7 Å². The van der Waals surface area contributed by atoms with Gasteiger partial charge in [0, 0.05) is 21.5 Å². The first kappa shape index (κ1) is 27.7. The molecule has 2 aromatic heterocycles. The van der Waals surface area contributed by atoms with Crippen LogP contribution in [0.15, 0.2) is 100 Å². The minimum absolute atomic E-state index is 0.257. The topological polar surface area (TPSA) is 103 Å². The van der Waals surface area contributed by atoms with Gasteiger partial charge in [0.1, 0.15) is 10.8 Å². The molecule has 0 aliphatic heterocycles. The number of thioether (sulfide) groups is 2. The van der Waals surface area contributed by atoms with E-state index in [9.17, 15) is 9.59 Å². The van der Waals surface area contributed by atoms with Crippen molar-refractivity contribution in [2.45, 2.75) is 34.9 Å². The zero-order valence-corrected chi connectivity index (χ0v) is 24.4. The molecule has 0 bridgehead atoms. The van der Waals surface area contributed by atoms with Gasteiger partial charge in [0.05, 0.1) is 16.6 Å². The highest BCUT2D eigenvalue weighted by Gasteiger charge is 2.25. The SMILES string of the molecule is Cc1ccc(-c2csc(NC(=O)C(C)Sc3nnc(CSc4ccccc4)n3-c3ccccc3)c2C(N)=O)cc1. The molecule has 0 saturated heterocycles. The minimum Gasteiger partial charge on any atom is -0.365 e. The summed E-state index contributed by atoms with van der Waals surface area (Å²) in [7, 11) is 0. The molecule has 3 N–H and O–H groups in total. The van der Waals surface area contributed by atoms with Gasteiger partial charge in [0.25, 0.3) is 5.91 Å². The molecule has 202 valence electrons. The average molecular weight is 586 g/mol. The highest BCUT2D eigenvalue weighted by atomic mass is 32.2. The molecule has 0 spiro atoms. The van der Waals surface area contributed by atoms with Gasteiger partial charge in [0.2, 0.25) is 5.91 Å². The van der Waals surface area contributed by atoms with Crippen molar-refractivity contribution in [3.8, 4) is 16.8 Å². The monoisotopic (exact) mass is 585 g/mol. The van der Waals surface area contributed by atoms with Crippen LogP contribution in [0.5, 0.6) is 0 Å². The molecule has 2 heterocycles. The number of carbonyl (C=O) groups is 2. The Kier molecular flexibility index (Phi) is 8.69. The molecule has 10 heteroatoms. The maximum atomic E-state index is 13.3. The molecule has 1 unspecified atom stereocenters. The maximum Gasteiger partial charge on any atom is 0.252 e. The van der Waals surface area contributed by atoms with Gasteiger partial charge in [-0.25, -0.2) is 0 Å². The van der Waals surface area contributed by atoms with Gasteiger partial charge < -0.3 is 11.1 Å². The van der Waals surface area contributed by atoms with Crippen molar-refractivity contribution in [2.75, 3.05) is 5.32 Å². The van der Waals surface area contributed by atoms with E-state index in [1.165, 1.54) is 23.1 Å². The summed E-state index contributed by atoms with van der Waals surface area (Å²) in [4.78, 5) is 26.8. The fraction of sp³-hybridized carbons (Fsp3) is 0.133. The first-order chi connectivity index (χ1) is 19.4. The summed E-state index contributed by atoms with van der Waals surface area (Å²) in [5.74, 6) is 0.558. The Morgan fingerprint density at radius 1 is 0.975 bits per heavy atom. The third kappa shape index (κ3) is 6.30.